The summed E-state index contributed by atoms with van der Waals surface area (Å²) in [7, 11) is 0. The standard InChI is InChI=1S/C19H14BrN3O2/c20-16-10-4-2-7-14(16)12-21-23-19(25)18(24)22-17-11-5-8-13-6-1-3-9-15(13)17/h1-12H,(H,22,24)(H,23,25)/b21-12+. The number of fused-ring (bicyclic) bond motifs is 1. The monoisotopic (exact) mass is 395 g/mol. The quantitative estimate of drug-likeness (QED) is 0.403. The minimum Gasteiger partial charge on any atom is -0.317 e. The Morgan fingerprint density at radius 2 is 1.60 bits per heavy atom. The number of carbonyl (C=O) groups is 2. The van der Waals surface area contributed by atoms with Gasteiger partial charge in [0, 0.05) is 21.1 Å². The van der Waals surface area contributed by atoms with Crippen LogP contribution in [0.25, 0.3) is 10.8 Å². The summed E-state index contributed by atoms with van der Waals surface area (Å²) in [6, 6.07) is 20.5. The summed E-state index contributed by atoms with van der Waals surface area (Å²) in [4.78, 5) is 24.0. The smallest absolute Gasteiger partial charge is 0.317 e. The molecule has 3 aromatic rings. The molecule has 0 fully saturated rings. The van der Waals surface area contributed by atoms with Gasteiger partial charge >= 0.3 is 11.8 Å². The molecule has 6 heteroatoms. The number of amides is 2. The summed E-state index contributed by atoms with van der Waals surface area (Å²) >= 11 is 3.38. The predicted octanol–water partition coefficient (Wildman–Crippen LogP) is 3.69. The zero-order valence-electron chi connectivity index (χ0n) is 13.1. The minimum absolute atomic E-state index is 0.577. The van der Waals surface area contributed by atoms with E-state index in [1.807, 2.05) is 60.7 Å². The van der Waals surface area contributed by atoms with Gasteiger partial charge in [-0.05, 0) is 17.5 Å². The lowest BCUT2D eigenvalue weighted by atomic mass is 10.1. The topological polar surface area (TPSA) is 70.6 Å². The van der Waals surface area contributed by atoms with Crippen molar-refractivity contribution in [2.75, 3.05) is 5.32 Å². The highest BCUT2D eigenvalue weighted by Crippen LogP contribution is 2.22. The molecule has 0 saturated heterocycles. The van der Waals surface area contributed by atoms with Crippen LogP contribution in [0.15, 0.2) is 76.3 Å². The van der Waals surface area contributed by atoms with Crippen LogP contribution in [-0.2, 0) is 9.59 Å². The molecule has 3 rings (SSSR count). The Morgan fingerprint density at radius 1 is 0.880 bits per heavy atom. The first-order valence-corrected chi connectivity index (χ1v) is 8.31. The van der Waals surface area contributed by atoms with E-state index in [9.17, 15) is 9.59 Å². The molecule has 3 aromatic carbocycles. The van der Waals surface area contributed by atoms with Crippen LogP contribution in [-0.4, -0.2) is 18.0 Å². The maximum absolute atomic E-state index is 12.1. The third-order valence-electron chi connectivity index (χ3n) is 3.52. The molecule has 0 atom stereocenters. The van der Waals surface area contributed by atoms with Gasteiger partial charge in [0.05, 0.1) is 6.21 Å². The largest absolute Gasteiger partial charge is 0.329 e. The molecule has 5 nitrogen and oxygen atoms in total. The summed E-state index contributed by atoms with van der Waals surface area (Å²) in [5.41, 5.74) is 3.59. The second kappa shape index (κ2) is 7.72. The fourth-order valence-electron chi connectivity index (χ4n) is 2.30. The number of anilines is 1. The number of nitrogens with zero attached hydrogens (tertiary/aromatic N) is 1. The number of hydrogen-bond donors (Lipinski definition) is 2. The lowest BCUT2D eigenvalue weighted by molar-refractivity contribution is -0.136. The molecule has 0 bridgehead atoms. The van der Waals surface area contributed by atoms with E-state index >= 15 is 0 Å². The van der Waals surface area contributed by atoms with Gasteiger partial charge in [-0.1, -0.05) is 70.5 Å². The van der Waals surface area contributed by atoms with Crippen molar-refractivity contribution >= 4 is 50.4 Å². The number of hydrazone groups is 1. The van der Waals surface area contributed by atoms with Gasteiger partial charge in [0.25, 0.3) is 0 Å². The summed E-state index contributed by atoms with van der Waals surface area (Å²) in [6.45, 7) is 0. The first-order valence-electron chi connectivity index (χ1n) is 7.52. The van der Waals surface area contributed by atoms with Crippen LogP contribution in [0, 0.1) is 0 Å². The van der Waals surface area contributed by atoms with Gasteiger partial charge in [-0.15, -0.1) is 0 Å². The average Bonchev–Trinajstić information content (AvgIpc) is 2.63. The van der Waals surface area contributed by atoms with E-state index in [4.69, 9.17) is 0 Å². The van der Waals surface area contributed by atoms with Crippen LogP contribution in [0.1, 0.15) is 5.56 Å². The van der Waals surface area contributed by atoms with Crippen LogP contribution in [0.4, 0.5) is 5.69 Å². The minimum atomic E-state index is -0.837. The Balaban J connectivity index is 1.67. The maximum atomic E-state index is 12.1. The predicted molar refractivity (Wildman–Crippen MR) is 102 cm³/mol. The summed E-state index contributed by atoms with van der Waals surface area (Å²) in [5.74, 6) is -1.61. The normalized spacial score (nSPS) is 10.8. The van der Waals surface area contributed by atoms with Gasteiger partial charge in [-0.3, -0.25) is 9.59 Å². The molecule has 0 aliphatic carbocycles. The Morgan fingerprint density at radius 3 is 2.44 bits per heavy atom. The Hall–Kier alpha value is -2.99. The van der Waals surface area contributed by atoms with E-state index in [1.54, 1.807) is 6.07 Å². The SMILES string of the molecule is O=C(N/N=C/c1ccccc1Br)C(=O)Nc1cccc2ccccc12. The van der Waals surface area contributed by atoms with Crippen molar-refractivity contribution in [1.82, 2.24) is 5.43 Å². The highest BCUT2D eigenvalue weighted by atomic mass is 79.9. The second-order valence-corrected chi connectivity index (χ2v) is 6.06. The van der Waals surface area contributed by atoms with Crippen molar-refractivity contribution < 1.29 is 9.59 Å². The zero-order valence-corrected chi connectivity index (χ0v) is 14.7. The lowest BCUT2D eigenvalue weighted by Gasteiger charge is -2.07. The van der Waals surface area contributed by atoms with Crippen LogP contribution in [0.5, 0.6) is 0 Å². The van der Waals surface area contributed by atoms with Crippen molar-refractivity contribution in [2.24, 2.45) is 5.10 Å². The molecule has 0 saturated carbocycles. The van der Waals surface area contributed by atoms with Crippen LogP contribution in [0.2, 0.25) is 0 Å². The van der Waals surface area contributed by atoms with Crippen molar-refractivity contribution in [3.63, 3.8) is 0 Å². The van der Waals surface area contributed by atoms with E-state index in [-0.39, 0.29) is 0 Å². The van der Waals surface area contributed by atoms with E-state index in [1.165, 1.54) is 6.21 Å². The third-order valence-corrected chi connectivity index (χ3v) is 4.24. The summed E-state index contributed by atoms with van der Waals surface area (Å²) in [5, 5.41) is 8.27. The number of rotatable bonds is 3. The maximum Gasteiger partial charge on any atom is 0.329 e. The highest BCUT2D eigenvalue weighted by Gasteiger charge is 2.14. The van der Waals surface area contributed by atoms with Gasteiger partial charge < -0.3 is 5.32 Å². The Bertz CT molecular complexity index is 964. The number of hydrogen-bond acceptors (Lipinski definition) is 3. The van der Waals surface area contributed by atoms with Crippen LogP contribution in [0.3, 0.4) is 0 Å². The average molecular weight is 396 g/mol. The lowest BCUT2D eigenvalue weighted by Crippen LogP contribution is -2.32. The fraction of sp³-hybridized carbons (Fsp3) is 0. The van der Waals surface area contributed by atoms with E-state index < -0.39 is 11.8 Å². The van der Waals surface area contributed by atoms with Crippen molar-refractivity contribution in [2.45, 2.75) is 0 Å². The zero-order chi connectivity index (χ0) is 17.6. The van der Waals surface area contributed by atoms with Gasteiger partial charge in [0.1, 0.15) is 0 Å². The van der Waals surface area contributed by atoms with E-state index in [2.05, 4.69) is 31.8 Å². The number of carbonyl (C=O) groups excluding carboxylic acids is 2. The molecular weight excluding hydrogens is 382 g/mol. The molecule has 0 radical (unpaired) electrons. The number of nitrogens with one attached hydrogen (secondary N) is 2. The molecule has 2 N–H and O–H groups in total. The number of benzene rings is 3. The second-order valence-electron chi connectivity index (χ2n) is 5.20. The van der Waals surface area contributed by atoms with Crippen molar-refractivity contribution in [1.29, 1.82) is 0 Å². The molecule has 0 aliphatic heterocycles. The summed E-state index contributed by atoms with van der Waals surface area (Å²) < 4.78 is 0.841. The Kier molecular flexibility index (Phi) is 5.20. The van der Waals surface area contributed by atoms with E-state index in [0.29, 0.717) is 5.69 Å². The van der Waals surface area contributed by atoms with E-state index in [0.717, 1.165) is 20.8 Å². The molecule has 124 valence electrons. The van der Waals surface area contributed by atoms with Gasteiger partial charge in [-0.2, -0.15) is 5.10 Å². The van der Waals surface area contributed by atoms with Gasteiger partial charge in [0.2, 0.25) is 0 Å². The molecule has 2 amide bonds. The molecular formula is C19H14BrN3O2. The van der Waals surface area contributed by atoms with Gasteiger partial charge in [-0.25, -0.2) is 5.43 Å². The first kappa shape index (κ1) is 16.9. The molecule has 0 aliphatic rings. The molecule has 0 unspecified atom stereocenters. The fourth-order valence-corrected chi connectivity index (χ4v) is 2.69. The third kappa shape index (κ3) is 4.10. The molecule has 25 heavy (non-hydrogen) atoms. The van der Waals surface area contributed by atoms with Crippen LogP contribution >= 0.6 is 15.9 Å². The van der Waals surface area contributed by atoms with Crippen LogP contribution < -0.4 is 10.7 Å². The Labute approximate surface area is 152 Å². The highest BCUT2D eigenvalue weighted by molar-refractivity contribution is 9.10. The van der Waals surface area contributed by atoms with Gasteiger partial charge in [0.15, 0.2) is 0 Å². The first-order chi connectivity index (χ1) is 12.1. The molecule has 0 spiro atoms. The number of halogens is 1. The van der Waals surface area contributed by atoms with Crippen molar-refractivity contribution in [3.8, 4) is 0 Å². The molecule has 0 aromatic heterocycles. The van der Waals surface area contributed by atoms with Crippen molar-refractivity contribution in [3.05, 3.63) is 76.8 Å². The summed E-state index contributed by atoms with van der Waals surface area (Å²) in [6.07, 6.45) is 1.47. The molecule has 0 heterocycles.